The first-order valence-electron chi connectivity index (χ1n) is 10.2. The summed E-state index contributed by atoms with van der Waals surface area (Å²) in [7, 11) is 0. The van der Waals surface area contributed by atoms with Gasteiger partial charge in [0.2, 0.25) is 0 Å². The van der Waals surface area contributed by atoms with Crippen LogP contribution in [0.4, 0.5) is 5.69 Å². The fraction of sp³-hybridized carbons (Fsp3) is 0.120. The summed E-state index contributed by atoms with van der Waals surface area (Å²) in [5.74, 6) is 0.817. The first-order valence-corrected chi connectivity index (χ1v) is 11.8. The molecule has 1 aliphatic heterocycles. The highest BCUT2D eigenvalue weighted by Crippen LogP contribution is 2.43. The van der Waals surface area contributed by atoms with Crippen LogP contribution in [0.2, 0.25) is 5.02 Å². The monoisotopic (exact) mass is 477 g/mol. The Morgan fingerprint density at radius 3 is 2.50 bits per heavy atom. The SMILES string of the molecule is Cc1ccc(Sc2ccc([C@H]3[C@@H](c4ccccn4)NC(=S)N3c3ccc(Cl)cc3)o2)cc1. The van der Waals surface area contributed by atoms with E-state index in [2.05, 4.69) is 46.4 Å². The van der Waals surface area contributed by atoms with Gasteiger partial charge in [-0.25, -0.2) is 0 Å². The predicted molar refractivity (Wildman–Crippen MR) is 133 cm³/mol. The molecule has 2 atom stereocenters. The molecule has 2 aromatic carbocycles. The Morgan fingerprint density at radius 2 is 1.78 bits per heavy atom. The van der Waals surface area contributed by atoms with Crippen LogP contribution in [0.1, 0.15) is 29.1 Å². The molecule has 0 bridgehead atoms. The van der Waals surface area contributed by atoms with E-state index in [9.17, 15) is 0 Å². The molecule has 0 saturated carbocycles. The van der Waals surface area contributed by atoms with Crippen molar-refractivity contribution in [2.24, 2.45) is 0 Å². The fourth-order valence-corrected chi connectivity index (χ4v) is 5.04. The zero-order valence-electron chi connectivity index (χ0n) is 17.2. The molecule has 7 heteroatoms. The number of benzene rings is 2. The summed E-state index contributed by atoms with van der Waals surface area (Å²) in [5.41, 5.74) is 3.08. The summed E-state index contributed by atoms with van der Waals surface area (Å²) in [6.07, 6.45) is 1.79. The first-order chi connectivity index (χ1) is 15.6. The number of nitrogens with one attached hydrogen (secondary N) is 1. The minimum atomic E-state index is -0.189. The zero-order valence-corrected chi connectivity index (χ0v) is 19.6. The van der Waals surface area contributed by atoms with Crippen LogP contribution in [0.15, 0.2) is 99.5 Å². The number of hydrogen-bond acceptors (Lipinski definition) is 4. The molecule has 1 fully saturated rings. The van der Waals surface area contributed by atoms with Crippen LogP contribution in [0.5, 0.6) is 0 Å². The molecule has 4 aromatic rings. The van der Waals surface area contributed by atoms with Crippen LogP contribution >= 0.6 is 35.6 Å². The lowest BCUT2D eigenvalue weighted by molar-refractivity contribution is 0.383. The van der Waals surface area contributed by atoms with Crippen molar-refractivity contribution >= 4 is 46.4 Å². The van der Waals surface area contributed by atoms with Gasteiger partial charge in [0.15, 0.2) is 10.2 Å². The topological polar surface area (TPSA) is 41.3 Å². The number of aromatic nitrogens is 1. The number of furan rings is 1. The molecule has 1 aliphatic rings. The van der Waals surface area contributed by atoms with E-state index < -0.39 is 0 Å². The standard InChI is InChI=1S/C25H20ClN3OS2/c1-16-5-11-19(12-6-16)32-22-14-13-21(30-22)24-23(20-4-2-3-15-27-20)28-25(31)29(24)18-9-7-17(26)8-10-18/h2-15,23-24H,1H3,(H,28,31)/t23-,24+/m1/s1. The maximum absolute atomic E-state index is 6.35. The van der Waals surface area contributed by atoms with Gasteiger partial charge in [-0.1, -0.05) is 47.1 Å². The maximum Gasteiger partial charge on any atom is 0.174 e. The lowest BCUT2D eigenvalue weighted by Crippen LogP contribution is -2.29. The second-order valence-corrected chi connectivity index (χ2v) is 9.45. The van der Waals surface area contributed by atoms with Gasteiger partial charge in [-0.05, 0) is 79.8 Å². The molecule has 3 heterocycles. The zero-order chi connectivity index (χ0) is 22.1. The minimum Gasteiger partial charge on any atom is -0.452 e. The molecule has 160 valence electrons. The van der Waals surface area contributed by atoms with Crippen molar-refractivity contribution in [3.8, 4) is 0 Å². The first kappa shape index (κ1) is 21.1. The minimum absolute atomic E-state index is 0.150. The average Bonchev–Trinajstić information content (AvgIpc) is 3.40. The molecule has 4 nitrogen and oxygen atoms in total. The second-order valence-electron chi connectivity index (χ2n) is 7.54. The average molecular weight is 478 g/mol. The molecular weight excluding hydrogens is 458 g/mol. The largest absolute Gasteiger partial charge is 0.452 e. The highest BCUT2D eigenvalue weighted by molar-refractivity contribution is 7.99. The molecular formula is C25H20ClN3OS2. The van der Waals surface area contributed by atoms with E-state index in [1.54, 1.807) is 18.0 Å². The van der Waals surface area contributed by atoms with Crippen molar-refractivity contribution in [3.63, 3.8) is 0 Å². The normalized spacial score (nSPS) is 18.1. The fourth-order valence-electron chi connectivity index (χ4n) is 3.79. The van der Waals surface area contributed by atoms with E-state index in [1.807, 2.05) is 54.6 Å². The van der Waals surface area contributed by atoms with Crippen LogP contribution < -0.4 is 10.2 Å². The number of rotatable bonds is 5. The molecule has 0 spiro atoms. The van der Waals surface area contributed by atoms with Crippen LogP contribution in [-0.2, 0) is 0 Å². The highest BCUT2D eigenvalue weighted by Gasteiger charge is 2.42. The maximum atomic E-state index is 6.35. The van der Waals surface area contributed by atoms with E-state index in [0.29, 0.717) is 10.1 Å². The molecule has 0 aliphatic carbocycles. The van der Waals surface area contributed by atoms with Crippen LogP contribution in [0.25, 0.3) is 0 Å². The molecule has 5 rings (SSSR count). The Morgan fingerprint density at radius 1 is 1.00 bits per heavy atom. The molecule has 0 amide bonds. The summed E-state index contributed by atoms with van der Waals surface area (Å²) >= 11 is 13.5. The third-order valence-electron chi connectivity index (χ3n) is 5.34. The van der Waals surface area contributed by atoms with E-state index in [0.717, 1.165) is 27.1 Å². The Hall–Kier alpha value is -2.80. The van der Waals surface area contributed by atoms with Crippen molar-refractivity contribution in [2.45, 2.75) is 29.0 Å². The predicted octanol–water partition coefficient (Wildman–Crippen LogP) is 6.96. The van der Waals surface area contributed by atoms with Crippen molar-refractivity contribution in [3.05, 3.63) is 107 Å². The molecule has 0 unspecified atom stereocenters. The lowest BCUT2D eigenvalue weighted by atomic mass is 10.0. The van der Waals surface area contributed by atoms with Crippen molar-refractivity contribution in [1.29, 1.82) is 0 Å². The van der Waals surface area contributed by atoms with Gasteiger partial charge in [-0.2, -0.15) is 0 Å². The Balaban J connectivity index is 1.52. The lowest BCUT2D eigenvalue weighted by Gasteiger charge is -2.26. The number of hydrogen-bond donors (Lipinski definition) is 1. The van der Waals surface area contributed by atoms with Gasteiger partial charge >= 0.3 is 0 Å². The summed E-state index contributed by atoms with van der Waals surface area (Å²) in [4.78, 5) is 7.78. The number of anilines is 1. The van der Waals surface area contributed by atoms with Gasteiger partial charge in [0.05, 0.1) is 11.7 Å². The summed E-state index contributed by atoms with van der Waals surface area (Å²) in [6.45, 7) is 2.08. The van der Waals surface area contributed by atoms with E-state index in [1.165, 1.54) is 5.56 Å². The summed E-state index contributed by atoms with van der Waals surface area (Å²) < 4.78 is 6.35. The molecule has 0 radical (unpaired) electrons. The van der Waals surface area contributed by atoms with Gasteiger partial charge in [0, 0.05) is 21.8 Å². The van der Waals surface area contributed by atoms with Crippen molar-refractivity contribution in [2.75, 3.05) is 4.90 Å². The second kappa shape index (κ2) is 8.98. The third kappa shape index (κ3) is 4.26. The smallest absolute Gasteiger partial charge is 0.174 e. The Labute approximate surface area is 201 Å². The number of aryl methyl sites for hydroxylation is 1. The van der Waals surface area contributed by atoms with Gasteiger partial charge in [-0.15, -0.1) is 0 Å². The Kier molecular flexibility index (Phi) is 5.91. The highest BCUT2D eigenvalue weighted by atomic mass is 35.5. The van der Waals surface area contributed by atoms with Crippen LogP contribution in [0, 0.1) is 6.92 Å². The molecule has 2 aromatic heterocycles. The molecule has 1 saturated heterocycles. The van der Waals surface area contributed by atoms with E-state index in [-0.39, 0.29) is 12.1 Å². The van der Waals surface area contributed by atoms with Crippen LogP contribution in [-0.4, -0.2) is 10.1 Å². The quantitative estimate of drug-likeness (QED) is 0.313. The van der Waals surface area contributed by atoms with Gasteiger partial charge in [0.25, 0.3) is 0 Å². The number of thiocarbonyl (C=S) groups is 1. The van der Waals surface area contributed by atoms with Crippen molar-refractivity contribution < 1.29 is 4.42 Å². The van der Waals surface area contributed by atoms with Crippen molar-refractivity contribution in [1.82, 2.24) is 10.3 Å². The summed E-state index contributed by atoms with van der Waals surface area (Å²) in [6, 6.07) is 25.7. The molecule has 1 N–H and O–H groups in total. The van der Waals surface area contributed by atoms with E-state index in [4.69, 9.17) is 28.2 Å². The van der Waals surface area contributed by atoms with Gasteiger partial charge in [-0.3, -0.25) is 4.98 Å². The summed E-state index contributed by atoms with van der Waals surface area (Å²) in [5, 5.41) is 5.58. The van der Waals surface area contributed by atoms with E-state index >= 15 is 0 Å². The number of pyridine rings is 1. The van der Waals surface area contributed by atoms with Gasteiger partial charge in [0.1, 0.15) is 11.8 Å². The molecule has 32 heavy (non-hydrogen) atoms. The number of nitrogens with zero attached hydrogens (tertiary/aromatic N) is 2. The Bertz CT molecular complexity index is 1230. The number of halogens is 1. The van der Waals surface area contributed by atoms with Crippen LogP contribution in [0.3, 0.4) is 0 Å². The third-order valence-corrected chi connectivity index (χ3v) is 6.83. The van der Waals surface area contributed by atoms with Gasteiger partial charge < -0.3 is 14.6 Å².